The average molecular weight is 522 g/mol. The molecular weight excluding hydrogens is 494 g/mol. The summed E-state index contributed by atoms with van der Waals surface area (Å²) >= 11 is 3.50. The van der Waals surface area contributed by atoms with E-state index in [1.165, 1.54) is 0 Å². The zero-order valence-corrected chi connectivity index (χ0v) is 21.0. The van der Waals surface area contributed by atoms with Gasteiger partial charge in [0.15, 0.2) is 5.58 Å². The third-order valence-electron chi connectivity index (χ3n) is 6.26. The number of ether oxygens (including phenoxy) is 1. The Bertz CT molecular complexity index is 1300. The summed E-state index contributed by atoms with van der Waals surface area (Å²) in [6, 6.07) is 20.2. The molecule has 34 heavy (non-hydrogen) atoms. The second-order valence-electron chi connectivity index (χ2n) is 8.53. The first-order chi connectivity index (χ1) is 16.5. The quantitative estimate of drug-likeness (QED) is 0.325. The van der Waals surface area contributed by atoms with Crippen molar-refractivity contribution in [2.24, 2.45) is 0 Å². The van der Waals surface area contributed by atoms with Crippen molar-refractivity contribution in [3.05, 3.63) is 82.2 Å². The Kier molecular flexibility index (Phi) is 6.37. The number of para-hydroxylation sites is 2. The molecule has 1 aliphatic rings. The number of amides is 1. The summed E-state index contributed by atoms with van der Waals surface area (Å²) in [5.41, 5.74) is 4.59. The summed E-state index contributed by atoms with van der Waals surface area (Å²) in [6.07, 6.45) is 0. The second-order valence-corrected chi connectivity index (χ2v) is 9.44. The van der Waals surface area contributed by atoms with Crippen LogP contribution in [0.4, 0.5) is 5.69 Å². The number of anilines is 1. The maximum absolute atomic E-state index is 13.6. The fourth-order valence-corrected chi connectivity index (χ4v) is 4.86. The van der Waals surface area contributed by atoms with Crippen LogP contribution in [0, 0.1) is 6.92 Å². The van der Waals surface area contributed by atoms with Crippen LogP contribution in [0.15, 0.2) is 69.6 Å². The number of hydrogen-bond acceptors (Lipinski definition) is 4. The monoisotopic (exact) mass is 521 g/mol. The smallest absolute Gasteiger partial charge is 0.270 e. The van der Waals surface area contributed by atoms with Gasteiger partial charge < -0.3 is 23.5 Å². The molecule has 1 aliphatic heterocycles. The molecule has 0 atom stereocenters. The van der Waals surface area contributed by atoms with Crippen LogP contribution >= 0.6 is 15.9 Å². The third kappa shape index (κ3) is 4.44. The number of carbonyl (C=O) groups is 1. The van der Waals surface area contributed by atoms with Crippen LogP contribution in [-0.4, -0.2) is 48.2 Å². The summed E-state index contributed by atoms with van der Waals surface area (Å²) in [6.45, 7) is 8.01. The van der Waals surface area contributed by atoms with Gasteiger partial charge in [0.1, 0.15) is 17.2 Å². The zero-order chi connectivity index (χ0) is 23.7. The number of rotatable bonds is 6. The molecular formula is C27H28BrN3O3. The molecule has 1 fully saturated rings. The van der Waals surface area contributed by atoms with Crippen LogP contribution in [0.2, 0.25) is 0 Å². The van der Waals surface area contributed by atoms with Crippen molar-refractivity contribution in [2.75, 3.05) is 37.7 Å². The van der Waals surface area contributed by atoms with Gasteiger partial charge in [0.05, 0.1) is 17.8 Å². The molecule has 1 amide bonds. The molecule has 176 valence electrons. The predicted octanol–water partition coefficient (Wildman–Crippen LogP) is 5.71. The van der Waals surface area contributed by atoms with E-state index in [9.17, 15) is 4.79 Å². The highest BCUT2D eigenvalue weighted by Gasteiger charge is 2.27. The van der Waals surface area contributed by atoms with E-state index < -0.39 is 0 Å². The number of aryl methyl sites for hydroxylation is 1. The third-order valence-corrected chi connectivity index (χ3v) is 6.79. The molecule has 4 aromatic rings. The lowest BCUT2D eigenvalue weighted by atomic mass is 10.2. The van der Waals surface area contributed by atoms with Gasteiger partial charge in [0.2, 0.25) is 0 Å². The lowest BCUT2D eigenvalue weighted by Crippen LogP contribution is -2.49. The molecule has 0 bridgehead atoms. The van der Waals surface area contributed by atoms with E-state index in [1.807, 2.05) is 61.2 Å². The highest BCUT2D eigenvalue weighted by Crippen LogP contribution is 2.30. The number of halogens is 1. The van der Waals surface area contributed by atoms with Crippen molar-refractivity contribution in [3.8, 4) is 5.75 Å². The Morgan fingerprint density at radius 1 is 1.03 bits per heavy atom. The molecule has 2 aromatic carbocycles. The molecule has 0 spiro atoms. The number of aromatic nitrogens is 1. The molecule has 0 saturated carbocycles. The van der Waals surface area contributed by atoms with Gasteiger partial charge >= 0.3 is 0 Å². The van der Waals surface area contributed by atoms with E-state index in [0.29, 0.717) is 31.9 Å². The van der Waals surface area contributed by atoms with Crippen molar-refractivity contribution in [3.63, 3.8) is 0 Å². The Hall–Kier alpha value is -3.19. The maximum Gasteiger partial charge on any atom is 0.270 e. The summed E-state index contributed by atoms with van der Waals surface area (Å²) in [5.74, 6) is 1.78. The topological polar surface area (TPSA) is 50.9 Å². The fourth-order valence-electron chi connectivity index (χ4n) is 4.59. The maximum atomic E-state index is 13.6. The van der Waals surface area contributed by atoms with E-state index in [2.05, 4.69) is 43.6 Å². The molecule has 0 aliphatic carbocycles. The van der Waals surface area contributed by atoms with Gasteiger partial charge in [-0.2, -0.15) is 0 Å². The molecule has 2 aromatic heterocycles. The van der Waals surface area contributed by atoms with Gasteiger partial charge in [-0.3, -0.25) is 4.79 Å². The van der Waals surface area contributed by atoms with Crippen molar-refractivity contribution >= 4 is 38.6 Å². The lowest BCUT2D eigenvalue weighted by molar-refractivity contribution is 0.0736. The molecule has 5 rings (SSSR count). The first kappa shape index (κ1) is 22.6. The highest BCUT2D eigenvalue weighted by atomic mass is 79.9. The van der Waals surface area contributed by atoms with Gasteiger partial charge in [-0.05, 0) is 43.7 Å². The summed E-state index contributed by atoms with van der Waals surface area (Å²) < 4.78 is 14.8. The average Bonchev–Trinajstić information content (AvgIpc) is 3.37. The van der Waals surface area contributed by atoms with E-state index in [0.717, 1.165) is 51.4 Å². The summed E-state index contributed by atoms with van der Waals surface area (Å²) in [5, 5.41) is 0. The molecule has 3 heterocycles. The van der Waals surface area contributed by atoms with Crippen molar-refractivity contribution in [1.29, 1.82) is 0 Å². The number of hydrogen-bond donors (Lipinski definition) is 0. The fraction of sp³-hybridized carbons (Fsp3) is 0.296. The molecule has 1 saturated heterocycles. The van der Waals surface area contributed by atoms with Gasteiger partial charge in [-0.25, -0.2) is 0 Å². The van der Waals surface area contributed by atoms with Crippen LogP contribution in [0.5, 0.6) is 5.75 Å². The van der Waals surface area contributed by atoms with E-state index in [4.69, 9.17) is 9.15 Å². The van der Waals surface area contributed by atoms with E-state index in [1.54, 1.807) is 0 Å². The van der Waals surface area contributed by atoms with Crippen molar-refractivity contribution in [2.45, 2.75) is 20.4 Å². The summed E-state index contributed by atoms with van der Waals surface area (Å²) in [4.78, 5) is 17.9. The normalized spacial score (nSPS) is 14.1. The van der Waals surface area contributed by atoms with Gasteiger partial charge in [0.25, 0.3) is 5.91 Å². The first-order valence-corrected chi connectivity index (χ1v) is 12.4. The molecule has 0 unspecified atom stereocenters. The summed E-state index contributed by atoms with van der Waals surface area (Å²) in [7, 11) is 0. The molecule has 6 nitrogen and oxygen atoms in total. The Labute approximate surface area is 207 Å². The minimum absolute atomic E-state index is 0.0407. The number of carbonyl (C=O) groups excluding carboxylic acids is 1. The largest absolute Gasteiger partial charge is 0.492 e. The second kappa shape index (κ2) is 9.58. The van der Waals surface area contributed by atoms with Crippen LogP contribution < -0.4 is 9.64 Å². The highest BCUT2D eigenvalue weighted by molar-refractivity contribution is 9.10. The van der Waals surface area contributed by atoms with Gasteiger partial charge in [0, 0.05) is 49.3 Å². The standard InChI is InChI=1S/C27H28BrN3O3/c1-3-33-25-7-5-4-6-22(25)29-12-14-30(15-13-29)27(32)24-17-26-23(16-19(2)34-26)31(24)18-20-8-10-21(28)11-9-20/h4-11,16-17H,3,12-15,18H2,1-2H3. The first-order valence-electron chi connectivity index (χ1n) is 11.6. The lowest BCUT2D eigenvalue weighted by Gasteiger charge is -2.36. The van der Waals surface area contributed by atoms with Crippen molar-refractivity contribution in [1.82, 2.24) is 9.47 Å². The predicted molar refractivity (Wildman–Crippen MR) is 138 cm³/mol. The molecule has 7 heteroatoms. The minimum atomic E-state index is 0.0407. The SMILES string of the molecule is CCOc1ccccc1N1CCN(C(=O)c2cc3oc(C)cc3n2Cc2ccc(Br)cc2)CC1. The zero-order valence-electron chi connectivity index (χ0n) is 19.5. The Morgan fingerprint density at radius 3 is 2.50 bits per heavy atom. The van der Waals surface area contributed by atoms with Crippen LogP contribution in [-0.2, 0) is 6.54 Å². The molecule has 0 radical (unpaired) electrons. The van der Waals surface area contributed by atoms with Crippen LogP contribution in [0.1, 0.15) is 28.7 Å². The van der Waals surface area contributed by atoms with Crippen LogP contribution in [0.25, 0.3) is 11.1 Å². The van der Waals surface area contributed by atoms with E-state index in [-0.39, 0.29) is 5.91 Å². The molecule has 0 N–H and O–H groups in total. The number of nitrogens with zero attached hydrogens (tertiary/aromatic N) is 3. The van der Waals surface area contributed by atoms with Crippen LogP contribution in [0.3, 0.4) is 0 Å². The number of piperazine rings is 1. The minimum Gasteiger partial charge on any atom is -0.492 e. The van der Waals surface area contributed by atoms with Crippen molar-refractivity contribution < 1.29 is 13.9 Å². The van der Waals surface area contributed by atoms with Gasteiger partial charge in [-0.1, -0.05) is 40.2 Å². The van der Waals surface area contributed by atoms with Gasteiger partial charge in [-0.15, -0.1) is 0 Å². The number of furan rings is 1. The number of benzene rings is 2. The van der Waals surface area contributed by atoms with E-state index >= 15 is 0 Å². The Morgan fingerprint density at radius 2 is 1.76 bits per heavy atom. The number of fused-ring (bicyclic) bond motifs is 1. The Balaban J connectivity index is 1.37.